The van der Waals surface area contributed by atoms with E-state index in [1.54, 1.807) is 13.8 Å². The molecule has 3 rings (SSSR count). The number of carbonyl (C=O) groups excluding carboxylic acids is 2. The van der Waals surface area contributed by atoms with E-state index in [0.717, 1.165) is 13.2 Å². The van der Waals surface area contributed by atoms with Crippen LogP contribution in [-0.2, 0) is 30.1 Å². The van der Waals surface area contributed by atoms with Crippen molar-refractivity contribution in [2.24, 2.45) is 11.1 Å². The molecule has 0 saturated carbocycles. The SMILES string of the molecule is CCOC(=O)C1=C(C)N[C@]2(C)ON=C(C(=O)OC)[C@@H]2[C@H]1c1ccccc1C(F)(F)F. The van der Waals surface area contributed by atoms with Crippen molar-refractivity contribution in [1.29, 1.82) is 0 Å². The Bertz CT molecular complexity index is 941. The number of hydrogen-bond acceptors (Lipinski definition) is 7. The molecule has 7 nitrogen and oxygen atoms in total. The van der Waals surface area contributed by atoms with Gasteiger partial charge in [-0.2, -0.15) is 13.2 Å². The van der Waals surface area contributed by atoms with Crippen LogP contribution < -0.4 is 5.32 Å². The summed E-state index contributed by atoms with van der Waals surface area (Å²) < 4.78 is 51.4. The first kappa shape index (κ1) is 21.7. The van der Waals surface area contributed by atoms with E-state index in [2.05, 4.69) is 10.5 Å². The Hall–Kier alpha value is -3.04. The number of hydrogen-bond donors (Lipinski definition) is 1. The van der Waals surface area contributed by atoms with Crippen LogP contribution in [0.2, 0.25) is 0 Å². The van der Waals surface area contributed by atoms with Crippen molar-refractivity contribution in [3.05, 3.63) is 46.7 Å². The lowest BCUT2D eigenvalue weighted by Gasteiger charge is -2.42. The molecule has 0 aliphatic carbocycles. The van der Waals surface area contributed by atoms with E-state index < -0.39 is 41.2 Å². The number of nitrogens with one attached hydrogen (secondary N) is 1. The number of allylic oxidation sites excluding steroid dienone is 1. The van der Waals surface area contributed by atoms with Crippen LogP contribution in [0, 0.1) is 5.92 Å². The zero-order chi connectivity index (χ0) is 22.3. The number of rotatable bonds is 4. The van der Waals surface area contributed by atoms with Gasteiger partial charge in [-0.15, -0.1) is 0 Å². The average Bonchev–Trinajstić information content (AvgIpc) is 3.02. The first-order valence-electron chi connectivity index (χ1n) is 9.21. The van der Waals surface area contributed by atoms with Gasteiger partial charge in [0.2, 0.25) is 5.72 Å². The minimum atomic E-state index is -4.69. The van der Waals surface area contributed by atoms with Gasteiger partial charge in [-0.1, -0.05) is 23.4 Å². The maximum absolute atomic E-state index is 13.8. The van der Waals surface area contributed by atoms with E-state index in [-0.39, 0.29) is 29.2 Å². The highest BCUT2D eigenvalue weighted by Crippen LogP contribution is 2.50. The quantitative estimate of drug-likeness (QED) is 0.745. The van der Waals surface area contributed by atoms with Gasteiger partial charge in [-0.05, 0) is 32.4 Å². The molecule has 3 atom stereocenters. The Labute approximate surface area is 170 Å². The van der Waals surface area contributed by atoms with Crippen LogP contribution >= 0.6 is 0 Å². The number of alkyl halides is 3. The molecule has 2 aliphatic heterocycles. The smallest absolute Gasteiger partial charge is 0.416 e. The third-order valence-corrected chi connectivity index (χ3v) is 5.20. The summed E-state index contributed by atoms with van der Waals surface area (Å²) >= 11 is 0. The average molecular weight is 426 g/mol. The van der Waals surface area contributed by atoms with Crippen molar-refractivity contribution in [2.45, 2.75) is 38.6 Å². The Kier molecular flexibility index (Phi) is 5.53. The Morgan fingerprint density at radius 1 is 1.27 bits per heavy atom. The molecule has 0 unspecified atom stereocenters. The molecular formula is C20H21F3N2O5. The zero-order valence-corrected chi connectivity index (χ0v) is 16.8. The predicted molar refractivity (Wildman–Crippen MR) is 99.1 cm³/mol. The molecule has 0 bridgehead atoms. The minimum Gasteiger partial charge on any atom is -0.464 e. The van der Waals surface area contributed by atoms with E-state index in [0.29, 0.717) is 0 Å². The summed E-state index contributed by atoms with van der Waals surface area (Å²) in [5, 5.41) is 6.75. The van der Waals surface area contributed by atoms with Crippen molar-refractivity contribution in [2.75, 3.05) is 13.7 Å². The third-order valence-electron chi connectivity index (χ3n) is 5.20. The number of fused-ring (bicyclic) bond motifs is 1. The van der Waals surface area contributed by atoms with Crippen LogP contribution in [0.15, 0.2) is 40.7 Å². The van der Waals surface area contributed by atoms with Gasteiger partial charge in [-0.25, -0.2) is 9.59 Å². The first-order valence-corrected chi connectivity index (χ1v) is 9.21. The lowest BCUT2D eigenvalue weighted by Crippen LogP contribution is -2.56. The van der Waals surface area contributed by atoms with Crippen molar-refractivity contribution < 1.29 is 37.1 Å². The molecule has 162 valence electrons. The molecule has 2 heterocycles. The first-order chi connectivity index (χ1) is 14.0. The summed E-state index contributed by atoms with van der Waals surface area (Å²) in [6, 6.07) is 4.90. The molecule has 0 radical (unpaired) electrons. The topological polar surface area (TPSA) is 86.2 Å². The second kappa shape index (κ2) is 7.66. The minimum absolute atomic E-state index is 0.0274. The van der Waals surface area contributed by atoms with Gasteiger partial charge < -0.3 is 19.6 Å². The molecule has 30 heavy (non-hydrogen) atoms. The monoisotopic (exact) mass is 426 g/mol. The highest BCUT2D eigenvalue weighted by molar-refractivity contribution is 6.38. The van der Waals surface area contributed by atoms with E-state index in [1.807, 2.05) is 0 Å². The number of ether oxygens (including phenoxy) is 2. The number of benzene rings is 1. The lowest BCUT2D eigenvalue weighted by atomic mass is 9.69. The molecule has 1 aromatic carbocycles. The normalized spacial score (nSPS) is 25.6. The Morgan fingerprint density at radius 2 is 1.93 bits per heavy atom. The number of oxime groups is 1. The van der Waals surface area contributed by atoms with E-state index in [1.165, 1.54) is 25.1 Å². The summed E-state index contributed by atoms with van der Waals surface area (Å²) in [6.45, 7) is 4.70. The standard InChI is InChI=1S/C20H21F3N2O5/c1-5-29-17(26)13-10(2)24-19(3)15(16(25-30-19)18(27)28-4)14(13)11-8-6-7-9-12(11)20(21,22)23/h6-9,14-15,24H,5H2,1-4H3/t14-,15-,19+/m0/s1. The van der Waals surface area contributed by atoms with E-state index in [4.69, 9.17) is 14.3 Å². The third kappa shape index (κ3) is 3.50. The van der Waals surface area contributed by atoms with Gasteiger partial charge in [0, 0.05) is 11.6 Å². The summed E-state index contributed by atoms with van der Waals surface area (Å²) in [5.74, 6) is -3.93. The fourth-order valence-corrected chi connectivity index (χ4v) is 4.05. The summed E-state index contributed by atoms with van der Waals surface area (Å²) in [7, 11) is 1.13. The fourth-order valence-electron chi connectivity index (χ4n) is 4.05. The Morgan fingerprint density at radius 3 is 2.53 bits per heavy atom. The highest BCUT2D eigenvalue weighted by Gasteiger charge is 2.58. The molecule has 1 aromatic rings. The molecule has 10 heteroatoms. The number of carbonyl (C=O) groups is 2. The van der Waals surface area contributed by atoms with Gasteiger partial charge in [0.05, 0.1) is 30.8 Å². The predicted octanol–water partition coefficient (Wildman–Crippen LogP) is 3.12. The van der Waals surface area contributed by atoms with Crippen LogP contribution in [0.25, 0.3) is 0 Å². The van der Waals surface area contributed by atoms with Crippen LogP contribution in [0.3, 0.4) is 0 Å². The van der Waals surface area contributed by atoms with Gasteiger partial charge in [0.25, 0.3) is 0 Å². The molecule has 0 saturated heterocycles. The molecule has 0 aromatic heterocycles. The van der Waals surface area contributed by atoms with Crippen molar-refractivity contribution in [3.63, 3.8) is 0 Å². The number of nitrogens with zero attached hydrogens (tertiary/aromatic N) is 1. The largest absolute Gasteiger partial charge is 0.464 e. The van der Waals surface area contributed by atoms with Crippen LogP contribution in [0.5, 0.6) is 0 Å². The van der Waals surface area contributed by atoms with Crippen molar-refractivity contribution >= 4 is 17.7 Å². The van der Waals surface area contributed by atoms with Gasteiger partial charge >= 0.3 is 18.1 Å². The molecule has 0 spiro atoms. The maximum Gasteiger partial charge on any atom is 0.416 e. The van der Waals surface area contributed by atoms with Gasteiger partial charge in [0.1, 0.15) is 0 Å². The zero-order valence-electron chi connectivity index (χ0n) is 16.8. The number of halogens is 3. The van der Waals surface area contributed by atoms with Gasteiger partial charge in [0.15, 0.2) is 5.71 Å². The van der Waals surface area contributed by atoms with Gasteiger partial charge in [-0.3, -0.25) is 0 Å². The van der Waals surface area contributed by atoms with Crippen molar-refractivity contribution in [1.82, 2.24) is 5.32 Å². The van der Waals surface area contributed by atoms with Crippen LogP contribution in [0.4, 0.5) is 13.2 Å². The summed E-state index contributed by atoms with van der Waals surface area (Å²) in [6.07, 6.45) is -4.69. The second-order valence-electron chi connectivity index (χ2n) is 7.09. The highest BCUT2D eigenvalue weighted by atomic mass is 19.4. The number of methoxy groups -OCH3 is 1. The molecule has 2 aliphatic rings. The Balaban J connectivity index is 2.30. The molecule has 0 fully saturated rings. The maximum atomic E-state index is 13.8. The van der Waals surface area contributed by atoms with Crippen LogP contribution in [0.1, 0.15) is 37.8 Å². The number of esters is 2. The summed E-state index contributed by atoms with van der Waals surface area (Å²) in [5.41, 5.74) is -2.46. The van der Waals surface area contributed by atoms with E-state index >= 15 is 0 Å². The van der Waals surface area contributed by atoms with Crippen molar-refractivity contribution in [3.8, 4) is 0 Å². The molecule has 1 N–H and O–H groups in total. The lowest BCUT2D eigenvalue weighted by molar-refractivity contribution is -0.142. The summed E-state index contributed by atoms with van der Waals surface area (Å²) in [4.78, 5) is 30.6. The van der Waals surface area contributed by atoms with Crippen LogP contribution in [-0.4, -0.2) is 37.1 Å². The molecular weight excluding hydrogens is 405 g/mol. The fraction of sp³-hybridized carbons (Fsp3) is 0.450. The second-order valence-corrected chi connectivity index (χ2v) is 7.09. The molecule has 0 amide bonds. The van der Waals surface area contributed by atoms with E-state index in [9.17, 15) is 22.8 Å².